The number of hydrogen-bond acceptors (Lipinski definition) is 2. The molecule has 0 spiro atoms. The predicted octanol–water partition coefficient (Wildman–Crippen LogP) is 3.50. The lowest BCUT2D eigenvalue weighted by atomic mass is 10.1. The van der Waals surface area contributed by atoms with Gasteiger partial charge >= 0.3 is 0 Å². The zero-order valence-electron chi connectivity index (χ0n) is 9.70. The van der Waals surface area contributed by atoms with Crippen molar-refractivity contribution in [3.05, 3.63) is 65.0 Å². The highest BCUT2D eigenvalue weighted by atomic mass is 19.2. The van der Waals surface area contributed by atoms with Crippen LogP contribution in [0.4, 0.5) is 13.2 Å². The summed E-state index contributed by atoms with van der Waals surface area (Å²) in [6.07, 6.45) is 0.694. The minimum Gasteiger partial charge on any atom is -0.486 e. The Kier molecular flexibility index (Phi) is 3.85. The van der Waals surface area contributed by atoms with Gasteiger partial charge in [0.1, 0.15) is 12.9 Å². The van der Waals surface area contributed by atoms with Gasteiger partial charge in [0.05, 0.1) is 0 Å². The average molecular weight is 266 g/mol. The number of carbonyl (C=O) groups excluding carboxylic acids is 1. The van der Waals surface area contributed by atoms with Crippen molar-refractivity contribution in [1.29, 1.82) is 0 Å². The second-order valence-electron chi connectivity index (χ2n) is 3.82. The highest BCUT2D eigenvalue weighted by Crippen LogP contribution is 2.22. The Morgan fingerprint density at radius 3 is 2.26 bits per heavy atom. The lowest BCUT2D eigenvalue weighted by Crippen LogP contribution is -2.00. The summed E-state index contributed by atoms with van der Waals surface area (Å²) in [5.41, 5.74) is 1.18. The quantitative estimate of drug-likeness (QED) is 0.625. The molecule has 0 unspecified atom stereocenters. The number of ether oxygens (including phenoxy) is 1. The third-order valence-electron chi connectivity index (χ3n) is 2.51. The molecule has 0 aliphatic heterocycles. The van der Waals surface area contributed by atoms with Crippen LogP contribution in [0.15, 0.2) is 36.4 Å². The summed E-state index contributed by atoms with van der Waals surface area (Å²) in [5.74, 6) is -4.54. The van der Waals surface area contributed by atoms with Gasteiger partial charge in [0.2, 0.25) is 5.82 Å². The summed E-state index contributed by atoms with van der Waals surface area (Å²) in [7, 11) is 0. The van der Waals surface area contributed by atoms with Crippen molar-refractivity contribution in [2.45, 2.75) is 6.61 Å². The number of aldehydes is 1. The predicted molar refractivity (Wildman–Crippen MR) is 62.5 cm³/mol. The van der Waals surface area contributed by atoms with E-state index in [4.69, 9.17) is 4.74 Å². The van der Waals surface area contributed by atoms with E-state index in [1.807, 2.05) is 0 Å². The SMILES string of the molecule is O=Cc1ccc(COc2ccc(F)c(F)c2F)cc1. The van der Waals surface area contributed by atoms with Crippen LogP contribution in [0.5, 0.6) is 5.75 Å². The van der Waals surface area contributed by atoms with E-state index in [1.165, 1.54) is 0 Å². The largest absolute Gasteiger partial charge is 0.486 e. The Hall–Kier alpha value is -2.30. The smallest absolute Gasteiger partial charge is 0.203 e. The molecule has 5 heteroatoms. The van der Waals surface area contributed by atoms with Gasteiger partial charge in [-0.25, -0.2) is 8.78 Å². The van der Waals surface area contributed by atoms with E-state index < -0.39 is 17.5 Å². The first-order chi connectivity index (χ1) is 9.11. The summed E-state index contributed by atoms with van der Waals surface area (Å²) in [5, 5.41) is 0. The molecule has 0 fully saturated rings. The Labute approximate surface area is 107 Å². The molecule has 2 aromatic rings. The molecule has 0 saturated heterocycles. The standard InChI is InChI=1S/C14H9F3O2/c15-11-5-6-12(14(17)13(11)16)19-8-10-3-1-9(7-18)2-4-10/h1-7H,8H2. The molecular formula is C14H9F3O2. The van der Waals surface area contributed by atoms with Crippen molar-refractivity contribution in [2.75, 3.05) is 0 Å². The highest BCUT2D eigenvalue weighted by molar-refractivity contribution is 5.74. The Balaban J connectivity index is 2.10. The molecule has 0 aliphatic carbocycles. The summed E-state index contributed by atoms with van der Waals surface area (Å²) >= 11 is 0. The normalized spacial score (nSPS) is 10.3. The molecule has 2 aromatic carbocycles. The minimum absolute atomic E-state index is 0.0128. The summed E-state index contributed by atoms with van der Waals surface area (Å²) < 4.78 is 44.0. The number of rotatable bonds is 4. The van der Waals surface area contributed by atoms with Gasteiger partial charge < -0.3 is 4.74 Å². The second kappa shape index (κ2) is 5.56. The monoisotopic (exact) mass is 266 g/mol. The molecule has 0 saturated carbocycles. The molecule has 0 amide bonds. The van der Waals surface area contributed by atoms with Crippen LogP contribution in [0, 0.1) is 17.5 Å². The van der Waals surface area contributed by atoms with E-state index in [9.17, 15) is 18.0 Å². The van der Waals surface area contributed by atoms with Crippen LogP contribution < -0.4 is 4.74 Å². The van der Waals surface area contributed by atoms with Crippen LogP contribution in [-0.4, -0.2) is 6.29 Å². The van der Waals surface area contributed by atoms with Crippen molar-refractivity contribution in [1.82, 2.24) is 0 Å². The topological polar surface area (TPSA) is 26.3 Å². The van der Waals surface area contributed by atoms with Gasteiger partial charge in [0.25, 0.3) is 0 Å². The Morgan fingerprint density at radius 1 is 0.947 bits per heavy atom. The summed E-state index contributed by atoms with van der Waals surface area (Å²) in [4.78, 5) is 10.5. The zero-order valence-corrected chi connectivity index (χ0v) is 9.70. The molecule has 19 heavy (non-hydrogen) atoms. The first-order valence-electron chi connectivity index (χ1n) is 5.42. The van der Waals surface area contributed by atoms with Crippen LogP contribution in [-0.2, 0) is 6.61 Å². The van der Waals surface area contributed by atoms with Gasteiger partial charge in [0, 0.05) is 5.56 Å². The molecule has 0 bridgehead atoms. The zero-order chi connectivity index (χ0) is 13.8. The van der Waals surface area contributed by atoms with E-state index in [-0.39, 0.29) is 12.4 Å². The van der Waals surface area contributed by atoms with Crippen molar-refractivity contribution in [2.24, 2.45) is 0 Å². The van der Waals surface area contributed by atoms with E-state index >= 15 is 0 Å². The maximum absolute atomic E-state index is 13.3. The molecule has 0 aromatic heterocycles. The molecule has 2 rings (SSSR count). The maximum Gasteiger partial charge on any atom is 0.203 e. The van der Waals surface area contributed by atoms with E-state index in [1.54, 1.807) is 24.3 Å². The van der Waals surface area contributed by atoms with Crippen molar-refractivity contribution >= 4 is 6.29 Å². The van der Waals surface area contributed by atoms with Gasteiger partial charge in [-0.2, -0.15) is 4.39 Å². The van der Waals surface area contributed by atoms with Crippen molar-refractivity contribution in [3.8, 4) is 5.75 Å². The maximum atomic E-state index is 13.3. The fraction of sp³-hybridized carbons (Fsp3) is 0.0714. The highest BCUT2D eigenvalue weighted by Gasteiger charge is 2.14. The van der Waals surface area contributed by atoms with Crippen LogP contribution in [0.3, 0.4) is 0 Å². The number of halogens is 3. The molecule has 98 valence electrons. The molecule has 0 atom stereocenters. The van der Waals surface area contributed by atoms with Crippen LogP contribution >= 0.6 is 0 Å². The number of hydrogen-bond donors (Lipinski definition) is 0. The second-order valence-corrected chi connectivity index (χ2v) is 3.82. The third-order valence-corrected chi connectivity index (χ3v) is 2.51. The van der Waals surface area contributed by atoms with Gasteiger partial charge in [-0.3, -0.25) is 4.79 Å². The summed E-state index contributed by atoms with van der Waals surface area (Å²) in [6, 6.07) is 8.22. The summed E-state index contributed by atoms with van der Waals surface area (Å²) in [6.45, 7) is -0.0128. The Morgan fingerprint density at radius 2 is 1.63 bits per heavy atom. The van der Waals surface area contributed by atoms with E-state index in [0.717, 1.165) is 12.1 Å². The van der Waals surface area contributed by atoms with E-state index in [2.05, 4.69) is 0 Å². The van der Waals surface area contributed by atoms with Crippen molar-refractivity contribution < 1.29 is 22.7 Å². The first kappa shape index (κ1) is 13.1. The minimum atomic E-state index is -1.56. The Bertz CT molecular complexity index is 594. The van der Waals surface area contributed by atoms with Gasteiger partial charge in [-0.15, -0.1) is 0 Å². The molecule has 0 heterocycles. The number of benzene rings is 2. The fourth-order valence-electron chi connectivity index (χ4n) is 1.47. The number of carbonyl (C=O) groups is 1. The lowest BCUT2D eigenvalue weighted by Gasteiger charge is -2.08. The van der Waals surface area contributed by atoms with Crippen molar-refractivity contribution in [3.63, 3.8) is 0 Å². The van der Waals surface area contributed by atoms with Gasteiger partial charge in [-0.05, 0) is 17.7 Å². The molecule has 0 aliphatic rings. The molecule has 0 radical (unpaired) electrons. The van der Waals surface area contributed by atoms with Crippen LogP contribution in [0.1, 0.15) is 15.9 Å². The third kappa shape index (κ3) is 2.93. The fourth-order valence-corrected chi connectivity index (χ4v) is 1.47. The lowest BCUT2D eigenvalue weighted by molar-refractivity contribution is 0.112. The molecule has 2 nitrogen and oxygen atoms in total. The van der Waals surface area contributed by atoms with Crippen LogP contribution in [0.2, 0.25) is 0 Å². The molecular weight excluding hydrogens is 257 g/mol. The van der Waals surface area contributed by atoms with Gasteiger partial charge in [-0.1, -0.05) is 24.3 Å². The average Bonchev–Trinajstić information content (AvgIpc) is 2.45. The van der Waals surface area contributed by atoms with E-state index in [0.29, 0.717) is 17.4 Å². The molecule has 0 N–H and O–H groups in total. The van der Waals surface area contributed by atoms with Gasteiger partial charge in [0.15, 0.2) is 17.4 Å². The first-order valence-corrected chi connectivity index (χ1v) is 5.42. The van der Waals surface area contributed by atoms with Crippen LogP contribution in [0.25, 0.3) is 0 Å².